The highest BCUT2D eigenvalue weighted by Crippen LogP contribution is 2.34. The number of anilines is 1. The second-order valence-electron chi connectivity index (χ2n) is 8.64. The minimum atomic E-state index is -3.41. The van der Waals surface area contributed by atoms with Crippen molar-refractivity contribution in [3.63, 3.8) is 0 Å². The van der Waals surface area contributed by atoms with E-state index in [-0.39, 0.29) is 17.5 Å². The van der Waals surface area contributed by atoms with Gasteiger partial charge in [-0.3, -0.25) is 9.59 Å². The van der Waals surface area contributed by atoms with E-state index in [0.29, 0.717) is 24.2 Å². The van der Waals surface area contributed by atoms with E-state index in [1.54, 1.807) is 53.4 Å². The van der Waals surface area contributed by atoms with Crippen LogP contribution in [0.25, 0.3) is 0 Å². The van der Waals surface area contributed by atoms with E-state index in [1.807, 2.05) is 25.1 Å². The predicted molar refractivity (Wildman–Crippen MR) is 143 cm³/mol. The van der Waals surface area contributed by atoms with Crippen LogP contribution in [-0.2, 0) is 43.9 Å². The van der Waals surface area contributed by atoms with E-state index in [1.165, 1.54) is 0 Å². The molecule has 35 heavy (non-hydrogen) atoms. The third-order valence-electron chi connectivity index (χ3n) is 5.93. The Morgan fingerprint density at radius 1 is 0.914 bits per heavy atom. The molecule has 0 bridgehead atoms. The van der Waals surface area contributed by atoms with E-state index in [2.05, 4.69) is 37.2 Å². The highest BCUT2D eigenvalue weighted by molar-refractivity contribution is 9.11. The molecule has 0 fully saturated rings. The first kappa shape index (κ1) is 25.6. The van der Waals surface area contributed by atoms with Gasteiger partial charge in [-0.15, -0.1) is 0 Å². The van der Waals surface area contributed by atoms with Crippen LogP contribution in [0.15, 0.2) is 75.7 Å². The average molecular weight is 620 g/mol. The molecule has 1 aliphatic heterocycles. The van der Waals surface area contributed by atoms with Gasteiger partial charge in [0.05, 0.1) is 11.5 Å². The van der Waals surface area contributed by atoms with E-state index in [4.69, 9.17) is 0 Å². The minimum Gasteiger partial charge on any atom is -0.327 e. The number of hydrogen-bond donors (Lipinski definition) is 1. The molecule has 0 radical (unpaired) electrons. The molecule has 0 aliphatic carbocycles. The Kier molecular flexibility index (Phi) is 7.78. The van der Waals surface area contributed by atoms with Crippen LogP contribution in [-0.4, -0.2) is 31.2 Å². The summed E-state index contributed by atoms with van der Waals surface area (Å²) in [4.78, 5) is 27.4. The topological polar surface area (TPSA) is 83.6 Å². The minimum absolute atomic E-state index is 0.0666. The second kappa shape index (κ2) is 10.6. The quantitative estimate of drug-likeness (QED) is 0.396. The van der Waals surface area contributed by atoms with Crippen LogP contribution in [0, 0.1) is 0 Å². The zero-order valence-corrected chi connectivity index (χ0v) is 23.0. The van der Waals surface area contributed by atoms with Crippen molar-refractivity contribution in [1.82, 2.24) is 4.90 Å². The van der Waals surface area contributed by atoms with Crippen molar-refractivity contribution in [2.75, 3.05) is 5.32 Å². The van der Waals surface area contributed by atoms with Crippen LogP contribution >= 0.6 is 31.9 Å². The fourth-order valence-corrected chi connectivity index (χ4v) is 6.74. The van der Waals surface area contributed by atoms with Crippen molar-refractivity contribution < 1.29 is 18.0 Å². The normalized spacial score (nSPS) is 15.4. The number of fused-ring (bicyclic) bond motifs is 1. The largest absolute Gasteiger partial charge is 0.327 e. The van der Waals surface area contributed by atoms with Gasteiger partial charge in [0.1, 0.15) is 0 Å². The number of sulfone groups is 1. The Balaban J connectivity index is 1.44. The zero-order valence-electron chi connectivity index (χ0n) is 19.0. The summed E-state index contributed by atoms with van der Waals surface area (Å²) in [6.45, 7) is 2.24. The fraction of sp³-hybridized carbons (Fsp3) is 0.231. The maximum Gasteiger partial charge on any atom is 0.313 e. The van der Waals surface area contributed by atoms with Gasteiger partial charge in [0, 0.05) is 27.2 Å². The second-order valence-corrected chi connectivity index (χ2v) is 12.4. The number of nitrogens with one attached hydrogen (secondary N) is 1. The Morgan fingerprint density at radius 3 is 2.26 bits per heavy atom. The Hall–Kier alpha value is -2.49. The van der Waals surface area contributed by atoms with Gasteiger partial charge in [0.15, 0.2) is 9.84 Å². The summed E-state index contributed by atoms with van der Waals surface area (Å²) < 4.78 is 27.2. The third-order valence-corrected chi connectivity index (χ3v) is 8.97. The molecule has 2 amide bonds. The summed E-state index contributed by atoms with van der Waals surface area (Å²) in [5.74, 6) is -1.61. The summed E-state index contributed by atoms with van der Waals surface area (Å²) in [7, 11) is -3.41. The van der Waals surface area contributed by atoms with E-state index in [9.17, 15) is 18.0 Å². The van der Waals surface area contributed by atoms with Gasteiger partial charge in [-0.25, -0.2) is 8.42 Å². The highest BCUT2D eigenvalue weighted by Gasteiger charge is 2.32. The number of hydrogen-bond acceptors (Lipinski definition) is 4. The maximum absolute atomic E-state index is 13.0. The molecule has 182 valence electrons. The smallest absolute Gasteiger partial charge is 0.313 e. The first-order valence-corrected chi connectivity index (χ1v) is 14.4. The molecular formula is C26H24Br2N2O4S. The molecule has 0 aromatic heterocycles. The molecule has 3 aromatic rings. The molecule has 0 spiro atoms. The lowest BCUT2D eigenvalue weighted by molar-refractivity contribution is -0.145. The van der Waals surface area contributed by atoms with Crippen LogP contribution in [0.5, 0.6) is 0 Å². The molecule has 6 nitrogen and oxygen atoms in total. The van der Waals surface area contributed by atoms with E-state index >= 15 is 0 Å². The van der Waals surface area contributed by atoms with Gasteiger partial charge in [-0.05, 0) is 59.9 Å². The SMILES string of the molecule is CC1Cc2c(Br)ccc(Br)c2CN1C(=O)C(=O)Nc1cccc(CS(=O)(=O)Cc2ccccc2)c1. The number of benzene rings is 3. The molecule has 1 heterocycles. The third kappa shape index (κ3) is 6.20. The average Bonchev–Trinajstić information content (AvgIpc) is 2.81. The van der Waals surface area contributed by atoms with Gasteiger partial charge in [-0.1, -0.05) is 74.3 Å². The lowest BCUT2D eigenvalue weighted by atomic mass is 9.94. The maximum atomic E-state index is 13.0. The van der Waals surface area contributed by atoms with Crippen LogP contribution in [0.4, 0.5) is 5.69 Å². The monoisotopic (exact) mass is 618 g/mol. The molecule has 1 N–H and O–H groups in total. The Bertz CT molecular complexity index is 1380. The molecule has 9 heteroatoms. The van der Waals surface area contributed by atoms with Crippen molar-refractivity contribution in [3.05, 3.63) is 97.9 Å². The first-order valence-electron chi connectivity index (χ1n) is 11.0. The molecule has 1 aliphatic rings. The molecular weight excluding hydrogens is 596 g/mol. The fourth-order valence-electron chi connectivity index (χ4n) is 4.22. The van der Waals surface area contributed by atoms with Gasteiger partial charge in [0.25, 0.3) is 0 Å². The van der Waals surface area contributed by atoms with Crippen molar-refractivity contribution in [2.45, 2.75) is 37.4 Å². The summed E-state index contributed by atoms with van der Waals surface area (Å²) in [6.07, 6.45) is 0.628. The van der Waals surface area contributed by atoms with Crippen molar-refractivity contribution in [2.24, 2.45) is 0 Å². The van der Waals surface area contributed by atoms with Crippen molar-refractivity contribution >= 4 is 59.2 Å². The lowest BCUT2D eigenvalue weighted by Crippen LogP contribution is -2.47. The van der Waals surface area contributed by atoms with Crippen LogP contribution in [0.3, 0.4) is 0 Å². The number of rotatable bonds is 5. The Morgan fingerprint density at radius 2 is 1.54 bits per heavy atom. The van der Waals surface area contributed by atoms with E-state index in [0.717, 1.165) is 25.6 Å². The standard InChI is InChI=1S/C26H24Br2N2O4S/c1-17-12-21-22(24(28)11-10-23(21)27)14-30(17)26(32)25(31)29-20-9-5-8-19(13-20)16-35(33,34)15-18-6-3-2-4-7-18/h2-11,13,17H,12,14-16H2,1H3,(H,29,31). The molecule has 4 rings (SSSR count). The molecule has 0 saturated carbocycles. The highest BCUT2D eigenvalue weighted by atomic mass is 79.9. The number of halogens is 2. The number of carbonyl (C=O) groups excluding carboxylic acids is 2. The lowest BCUT2D eigenvalue weighted by Gasteiger charge is -2.35. The molecule has 1 unspecified atom stereocenters. The number of nitrogens with zero attached hydrogens (tertiary/aromatic N) is 1. The molecule has 3 aromatic carbocycles. The predicted octanol–water partition coefficient (Wildman–Crippen LogP) is 5.24. The van der Waals surface area contributed by atoms with Gasteiger partial charge >= 0.3 is 11.8 Å². The summed E-state index contributed by atoms with van der Waals surface area (Å²) >= 11 is 7.12. The van der Waals surface area contributed by atoms with Gasteiger partial charge < -0.3 is 10.2 Å². The van der Waals surface area contributed by atoms with Crippen molar-refractivity contribution in [1.29, 1.82) is 0 Å². The molecule has 0 saturated heterocycles. The summed E-state index contributed by atoms with van der Waals surface area (Å²) in [5.41, 5.74) is 3.74. The number of amides is 2. The van der Waals surface area contributed by atoms with Crippen LogP contribution < -0.4 is 5.32 Å². The van der Waals surface area contributed by atoms with Crippen LogP contribution in [0.2, 0.25) is 0 Å². The summed E-state index contributed by atoms with van der Waals surface area (Å²) in [5, 5.41) is 2.64. The van der Waals surface area contributed by atoms with Gasteiger partial charge in [0.2, 0.25) is 0 Å². The van der Waals surface area contributed by atoms with Crippen molar-refractivity contribution in [3.8, 4) is 0 Å². The zero-order chi connectivity index (χ0) is 25.2. The first-order chi connectivity index (χ1) is 16.6. The summed E-state index contributed by atoms with van der Waals surface area (Å²) in [6, 6.07) is 19.3. The number of carbonyl (C=O) groups is 2. The van der Waals surface area contributed by atoms with E-state index < -0.39 is 21.7 Å². The molecule has 1 atom stereocenters. The van der Waals surface area contributed by atoms with Gasteiger partial charge in [-0.2, -0.15) is 0 Å². The van der Waals surface area contributed by atoms with Crippen LogP contribution in [0.1, 0.15) is 29.2 Å². The Labute approximate surface area is 221 Å².